The van der Waals surface area contributed by atoms with Crippen LogP contribution in [-0.2, 0) is 9.05 Å². The molecule has 1 aliphatic rings. The second-order valence-electron chi connectivity index (χ2n) is 5.57. The van der Waals surface area contributed by atoms with Crippen LogP contribution < -0.4 is 0 Å². The Kier molecular flexibility index (Phi) is 4.58. The Hall–Kier alpha value is -1.14. The predicted molar refractivity (Wildman–Crippen MR) is 78.3 cm³/mol. The minimum absolute atomic E-state index is 0.0891. The molecule has 21 heavy (non-hydrogen) atoms. The van der Waals surface area contributed by atoms with Crippen LogP contribution in [0.1, 0.15) is 37.0 Å². The monoisotopic (exact) mass is 333 g/mol. The van der Waals surface area contributed by atoms with Gasteiger partial charge in [-0.1, -0.05) is 0 Å². The van der Waals surface area contributed by atoms with Crippen LogP contribution in [0.5, 0.6) is 0 Å². The van der Waals surface area contributed by atoms with Crippen molar-refractivity contribution in [1.29, 1.82) is 0 Å². The highest BCUT2D eigenvalue weighted by Crippen LogP contribution is 2.31. The van der Waals surface area contributed by atoms with E-state index in [1.54, 1.807) is 4.90 Å². The number of amides is 1. The Morgan fingerprint density at radius 3 is 2.52 bits per heavy atom. The van der Waals surface area contributed by atoms with Crippen LogP contribution in [-0.4, -0.2) is 31.8 Å². The second kappa shape index (κ2) is 5.93. The van der Waals surface area contributed by atoms with Gasteiger partial charge in [-0.05, 0) is 50.8 Å². The number of carbonyl (C=O) groups excluding carboxylic acids is 1. The van der Waals surface area contributed by atoms with E-state index in [9.17, 15) is 17.6 Å². The lowest BCUT2D eigenvalue weighted by Crippen LogP contribution is -2.39. The summed E-state index contributed by atoms with van der Waals surface area (Å²) in [5, 5.41) is 0. The van der Waals surface area contributed by atoms with E-state index in [0.29, 0.717) is 12.5 Å². The third-order valence-corrected chi connectivity index (χ3v) is 4.84. The zero-order valence-electron chi connectivity index (χ0n) is 11.8. The van der Waals surface area contributed by atoms with Crippen LogP contribution in [0.15, 0.2) is 23.1 Å². The number of nitrogens with zero attached hydrogens (tertiary/aromatic N) is 1. The fourth-order valence-corrected chi connectivity index (χ4v) is 2.86. The van der Waals surface area contributed by atoms with E-state index >= 15 is 0 Å². The van der Waals surface area contributed by atoms with Gasteiger partial charge in [0.05, 0.1) is 10.5 Å². The average Bonchev–Trinajstić information content (AvgIpc) is 3.18. The van der Waals surface area contributed by atoms with Gasteiger partial charge in [0, 0.05) is 23.3 Å². The van der Waals surface area contributed by atoms with Crippen LogP contribution in [0.4, 0.5) is 4.39 Å². The molecule has 1 fully saturated rings. The van der Waals surface area contributed by atoms with E-state index in [-0.39, 0.29) is 16.5 Å². The van der Waals surface area contributed by atoms with Gasteiger partial charge in [-0.25, -0.2) is 12.8 Å². The largest absolute Gasteiger partial charge is 0.336 e. The average molecular weight is 334 g/mol. The van der Waals surface area contributed by atoms with Crippen molar-refractivity contribution in [2.75, 3.05) is 6.54 Å². The molecule has 0 aromatic heterocycles. The van der Waals surface area contributed by atoms with Crippen LogP contribution in [0.25, 0.3) is 0 Å². The Morgan fingerprint density at radius 1 is 1.43 bits per heavy atom. The van der Waals surface area contributed by atoms with Gasteiger partial charge in [-0.2, -0.15) is 0 Å². The SMILES string of the molecule is CC(C)N(CC1CC1)C(=O)c1cc(S(=O)(=O)Cl)ccc1F. The summed E-state index contributed by atoms with van der Waals surface area (Å²) in [5.74, 6) is -0.790. The van der Waals surface area contributed by atoms with Crippen LogP contribution in [0.2, 0.25) is 0 Å². The van der Waals surface area contributed by atoms with Crippen molar-refractivity contribution in [1.82, 2.24) is 4.90 Å². The van der Waals surface area contributed by atoms with Gasteiger partial charge < -0.3 is 4.90 Å². The van der Waals surface area contributed by atoms with Crippen molar-refractivity contribution in [3.63, 3.8) is 0 Å². The molecule has 0 spiro atoms. The summed E-state index contributed by atoms with van der Waals surface area (Å²) in [4.78, 5) is 13.8. The van der Waals surface area contributed by atoms with E-state index < -0.39 is 20.8 Å². The van der Waals surface area contributed by atoms with E-state index in [4.69, 9.17) is 10.7 Å². The van der Waals surface area contributed by atoms with Crippen molar-refractivity contribution in [2.24, 2.45) is 5.92 Å². The number of hydrogen-bond acceptors (Lipinski definition) is 3. The topological polar surface area (TPSA) is 54.5 Å². The van der Waals surface area contributed by atoms with E-state index in [0.717, 1.165) is 31.0 Å². The smallest absolute Gasteiger partial charge is 0.261 e. The highest BCUT2D eigenvalue weighted by atomic mass is 35.7. The molecule has 116 valence electrons. The lowest BCUT2D eigenvalue weighted by molar-refractivity contribution is 0.0691. The maximum absolute atomic E-state index is 13.9. The molecule has 2 rings (SSSR count). The molecule has 0 unspecified atom stereocenters. The summed E-state index contributed by atoms with van der Waals surface area (Å²) in [6, 6.07) is 2.92. The standard InChI is InChI=1S/C14H17ClFNO3S/c1-9(2)17(8-10-3-4-10)14(18)12-7-11(21(15,19)20)5-6-13(12)16/h5-7,9-10H,3-4,8H2,1-2H3. The Morgan fingerprint density at radius 2 is 2.05 bits per heavy atom. The maximum Gasteiger partial charge on any atom is 0.261 e. The summed E-state index contributed by atoms with van der Waals surface area (Å²) < 4.78 is 36.6. The Labute approximate surface area is 128 Å². The van der Waals surface area contributed by atoms with Crippen molar-refractivity contribution >= 4 is 25.6 Å². The number of rotatable bonds is 5. The molecule has 4 nitrogen and oxygen atoms in total. The first-order valence-electron chi connectivity index (χ1n) is 6.75. The summed E-state index contributed by atoms with van der Waals surface area (Å²) in [6.45, 7) is 4.26. The van der Waals surface area contributed by atoms with E-state index in [1.807, 2.05) is 13.8 Å². The van der Waals surface area contributed by atoms with E-state index in [2.05, 4.69) is 0 Å². The van der Waals surface area contributed by atoms with Gasteiger partial charge in [0.25, 0.3) is 15.0 Å². The van der Waals surface area contributed by atoms with Crippen molar-refractivity contribution in [2.45, 2.75) is 37.6 Å². The Bertz CT molecular complexity index is 656. The fraction of sp³-hybridized carbons (Fsp3) is 0.500. The summed E-state index contributed by atoms with van der Waals surface area (Å²) in [7, 11) is 1.25. The first kappa shape index (κ1) is 16.2. The third kappa shape index (κ3) is 3.95. The van der Waals surface area contributed by atoms with Crippen molar-refractivity contribution in [3.05, 3.63) is 29.6 Å². The van der Waals surface area contributed by atoms with Gasteiger partial charge in [0.15, 0.2) is 0 Å². The third-order valence-electron chi connectivity index (χ3n) is 3.49. The van der Waals surface area contributed by atoms with Crippen LogP contribution in [0.3, 0.4) is 0 Å². The molecule has 7 heteroatoms. The zero-order chi connectivity index (χ0) is 15.8. The van der Waals surface area contributed by atoms with Gasteiger partial charge >= 0.3 is 0 Å². The first-order chi connectivity index (χ1) is 9.70. The number of carbonyl (C=O) groups is 1. The molecule has 0 radical (unpaired) electrons. The molecule has 1 aromatic carbocycles. The molecule has 0 aliphatic heterocycles. The second-order valence-corrected chi connectivity index (χ2v) is 8.14. The molecule has 1 saturated carbocycles. The number of halogens is 2. The van der Waals surface area contributed by atoms with E-state index in [1.165, 1.54) is 0 Å². The molecule has 0 heterocycles. The minimum atomic E-state index is -4.00. The molecule has 1 amide bonds. The molecule has 0 atom stereocenters. The Balaban J connectivity index is 2.36. The number of hydrogen-bond donors (Lipinski definition) is 0. The highest BCUT2D eigenvalue weighted by molar-refractivity contribution is 8.13. The van der Waals surface area contributed by atoms with Crippen molar-refractivity contribution in [3.8, 4) is 0 Å². The van der Waals surface area contributed by atoms with Gasteiger partial charge in [-0.15, -0.1) is 0 Å². The zero-order valence-corrected chi connectivity index (χ0v) is 13.4. The lowest BCUT2D eigenvalue weighted by atomic mass is 10.1. The molecule has 0 N–H and O–H groups in total. The van der Waals surface area contributed by atoms with Crippen molar-refractivity contribution < 1.29 is 17.6 Å². The molecule has 0 bridgehead atoms. The van der Waals surface area contributed by atoms with Gasteiger partial charge in [-0.3, -0.25) is 4.79 Å². The van der Waals surface area contributed by atoms with Crippen LogP contribution >= 0.6 is 10.7 Å². The van der Waals surface area contributed by atoms with Crippen LogP contribution in [0, 0.1) is 11.7 Å². The highest BCUT2D eigenvalue weighted by Gasteiger charge is 2.30. The molecule has 0 saturated heterocycles. The van der Waals surface area contributed by atoms with Gasteiger partial charge in [0.2, 0.25) is 0 Å². The molecule has 1 aliphatic carbocycles. The summed E-state index contributed by atoms with van der Waals surface area (Å²) in [5.41, 5.74) is -0.258. The lowest BCUT2D eigenvalue weighted by Gasteiger charge is -2.27. The first-order valence-corrected chi connectivity index (χ1v) is 9.06. The number of benzene rings is 1. The molecule has 1 aromatic rings. The summed E-state index contributed by atoms with van der Waals surface area (Å²) in [6.07, 6.45) is 2.13. The predicted octanol–water partition coefficient (Wildman–Crippen LogP) is 3.01. The minimum Gasteiger partial charge on any atom is -0.336 e. The quantitative estimate of drug-likeness (QED) is 0.778. The summed E-state index contributed by atoms with van der Waals surface area (Å²) >= 11 is 0. The fourth-order valence-electron chi connectivity index (χ4n) is 2.08. The molecular formula is C14H17ClFNO3S. The maximum atomic E-state index is 13.9. The van der Waals surface area contributed by atoms with Gasteiger partial charge in [0.1, 0.15) is 5.82 Å². The molecular weight excluding hydrogens is 317 g/mol. The normalized spacial score (nSPS) is 15.3.